The van der Waals surface area contributed by atoms with E-state index >= 15 is 0 Å². The van der Waals surface area contributed by atoms with Crippen LogP contribution in [0, 0.1) is 0 Å². The zero-order chi connectivity index (χ0) is 23.3. The van der Waals surface area contributed by atoms with Crippen LogP contribution in [0.5, 0.6) is 0 Å². The van der Waals surface area contributed by atoms with E-state index in [4.69, 9.17) is 0 Å². The van der Waals surface area contributed by atoms with Crippen molar-refractivity contribution in [3.05, 3.63) is 121 Å². The second kappa shape index (κ2) is 25.7. The Labute approximate surface area is 239 Å². The Morgan fingerprint density at radius 3 is 0.588 bits per heavy atom. The molecule has 0 heterocycles. The van der Waals surface area contributed by atoms with Gasteiger partial charge in [0.25, 0.3) is 0 Å². The molecule has 4 aromatic carbocycles. The van der Waals surface area contributed by atoms with Crippen molar-refractivity contribution < 1.29 is 11.0 Å². The quantitative estimate of drug-likeness (QED) is 0.131. The van der Waals surface area contributed by atoms with Crippen molar-refractivity contribution >= 4 is 89.8 Å². The monoisotopic (exact) mass is 604 g/mol. The standard InChI is InChI=1S/2C12H10S2.2H2O.2H2S2/c2*1-3-7-11(8-4-1)13-14-12-9-5-2-6-10-12;;;2*1-2/h2*1-10H;2*1H2;2*1-2H. The summed E-state index contributed by atoms with van der Waals surface area (Å²) in [5.74, 6) is 0. The molecule has 0 aliphatic carbocycles. The number of rotatable bonds is 6. The second-order valence-corrected chi connectivity index (χ2v) is 10.1. The molecule has 184 valence electrons. The van der Waals surface area contributed by atoms with E-state index in [-0.39, 0.29) is 11.0 Å². The summed E-state index contributed by atoms with van der Waals surface area (Å²) in [6.07, 6.45) is 0. The molecule has 0 saturated carbocycles. The van der Waals surface area contributed by atoms with Crippen molar-refractivity contribution in [3.63, 3.8) is 0 Å². The largest absolute Gasteiger partial charge is 0.412 e. The van der Waals surface area contributed by atoms with Crippen molar-refractivity contribution in [2.24, 2.45) is 0 Å². The lowest BCUT2D eigenvalue weighted by atomic mass is 10.4. The van der Waals surface area contributed by atoms with Crippen molar-refractivity contribution in [1.82, 2.24) is 0 Å². The highest BCUT2D eigenvalue weighted by molar-refractivity contribution is 8.77. The van der Waals surface area contributed by atoms with E-state index in [0.29, 0.717) is 0 Å². The lowest BCUT2D eigenvalue weighted by molar-refractivity contribution is 0.823. The summed E-state index contributed by atoms with van der Waals surface area (Å²) < 4.78 is 0. The van der Waals surface area contributed by atoms with E-state index in [1.54, 1.807) is 43.2 Å². The Bertz CT molecular complexity index is 760. The topological polar surface area (TPSA) is 63.0 Å². The third-order valence-corrected chi connectivity index (χ3v) is 8.28. The predicted molar refractivity (Wildman–Crippen MR) is 172 cm³/mol. The van der Waals surface area contributed by atoms with E-state index in [9.17, 15) is 0 Å². The van der Waals surface area contributed by atoms with Gasteiger partial charge < -0.3 is 11.0 Å². The fraction of sp³-hybridized carbons (Fsp3) is 0. The zero-order valence-corrected chi connectivity index (χ0v) is 24.8. The summed E-state index contributed by atoms with van der Waals surface area (Å²) in [6, 6.07) is 41.7. The van der Waals surface area contributed by atoms with Crippen LogP contribution in [0.25, 0.3) is 0 Å². The molecule has 0 spiro atoms. The minimum atomic E-state index is 0. The first-order valence-corrected chi connectivity index (χ1v) is 16.7. The summed E-state index contributed by atoms with van der Waals surface area (Å²) in [7, 11) is 7.16. The molecule has 4 N–H and O–H groups in total. The molecule has 0 unspecified atom stereocenters. The van der Waals surface area contributed by atoms with Crippen LogP contribution in [0.2, 0.25) is 0 Å². The van der Waals surface area contributed by atoms with E-state index in [2.05, 4.69) is 144 Å². The lowest BCUT2D eigenvalue weighted by Crippen LogP contribution is -1.67. The highest BCUT2D eigenvalue weighted by atomic mass is 33.1. The Morgan fingerprint density at radius 1 is 0.294 bits per heavy atom. The average Bonchev–Trinajstić information content (AvgIpc) is 2.91. The maximum atomic E-state index is 3.22. The van der Waals surface area contributed by atoms with Gasteiger partial charge in [-0.1, -0.05) is 116 Å². The molecule has 0 amide bonds. The molecule has 4 rings (SSSR count). The van der Waals surface area contributed by atoms with E-state index in [1.807, 2.05) is 24.3 Å². The van der Waals surface area contributed by atoms with Crippen molar-refractivity contribution in [2.75, 3.05) is 0 Å². The maximum Gasteiger partial charge on any atom is 0.0186 e. The molecule has 0 aliphatic rings. The van der Waals surface area contributed by atoms with Crippen molar-refractivity contribution in [1.29, 1.82) is 0 Å². The number of hydrogen-bond donors (Lipinski definition) is 4. The molecule has 0 bridgehead atoms. The lowest BCUT2D eigenvalue weighted by Gasteiger charge is -1.99. The smallest absolute Gasteiger partial charge is 0.0186 e. The summed E-state index contributed by atoms with van der Waals surface area (Å²) in [4.78, 5) is 5.17. The molecule has 10 heteroatoms. The SMILES string of the molecule is O.O.SS.SS.c1ccc(SSc2ccccc2)cc1.c1ccc(SSc2ccccc2)cc1. The molecule has 34 heavy (non-hydrogen) atoms. The zero-order valence-electron chi connectivity index (χ0n) is 18.0. The van der Waals surface area contributed by atoms with Gasteiger partial charge in [0.2, 0.25) is 0 Å². The second-order valence-electron chi connectivity index (χ2n) is 5.59. The van der Waals surface area contributed by atoms with Crippen LogP contribution in [0.15, 0.2) is 141 Å². The maximum absolute atomic E-state index is 3.22. The summed E-state index contributed by atoms with van der Waals surface area (Å²) in [5.41, 5.74) is 0. The molecule has 0 aromatic heterocycles. The van der Waals surface area contributed by atoms with Gasteiger partial charge >= 0.3 is 0 Å². The Hall–Kier alpha value is -0.400. The van der Waals surface area contributed by atoms with Gasteiger partial charge in [0.1, 0.15) is 0 Å². The minimum absolute atomic E-state index is 0. The molecule has 0 aliphatic heterocycles. The van der Waals surface area contributed by atoms with Gasteiger partial charge in [-0.3, -0.25) is 0 Å². The van der Waals surface area contributed by atoms with Crippen LogP contribution in [0.3, 0.4) is 0 Å². The van der Waals surface area contributed by atoms with E-state index < -0.39 is 0 Å². The van der Waals surface area contributed by atoms with Gasteiger partial charge in [0, 0.05) is 19.6 Å². The van der Waals surface area contributed by atoms with Crippen LogP contribution in [-0.2, 0) is 0 Å². The Morgan fingerprint density at radius 2 is 0.441 bits per heavy atom. The number of thiol groups is 4. The van der Waals surface area contributed by atoms with Gasteiger partial charge in [0.05, 0.1) is 0 Å². The van der Waals surface area contributed by atoms with Crippen LogP contribution >= 0.6 is 89.8 Å². The van der Waals surface area contributed by atoms with Gasteiger partial charge in [-0.05, 0) is 48.5 Å². The third kappa shape index (κ3) is 17.1. The Balaban J connectivity index is 0. The third-order valence-electron chi connectivity index (χ3n) is 3.44. The van der Waals surface area contributed by atoms with Crippen molar-refractivity contribution in [3.8, 4) is 0 Å². The average molecular weight is 605 g/mol. The fourth-order valence-corrected chi connectivity index (χ4v) is 6.04. The highest BCUT2D eigenvalue weighted by Crippen LogP contribution is 2.37. The van der Waals surface area contributed by atoms with Crippen molar-refractivity contribution in [2.45, 2.75) is 19.6 Å². The predicted octanol–water partition coefficient (Wildman–Crippen LogP) is 8.84. The normalized spacial score (nSPS) is 8.59. The van der Waals surface area contributed by atoms with E-state index in [0.717, 1.165) is 0 Å². The first-order chi connectivity index (χ1) is 15.9. The van der Waals surface area contributed by atoms with Gasteiger partial charge in [-0.25, -0.2) is 0 Å². The van der Waals surface area contributed by atoms with E-state index in [1.165, 1.54) is 19.6 Å². The number of benzene rings is 4. The van der Waals surface area contributed by atoms with Crippen LogP contribution in [-0.4, -0.2) is 11.0 Å². The van der Waals surface area contributed by atoms with Gasteiger partial charge in [-0.15, -0.1) is 46.6 Å². The molecule has 4 aromatic rings. The summed E-state index contributed by atoms with van der Waals surface area (Å²) >= 11 is 12.9. The summed E-state index contributed by atoms with van der Waals surface area (Å²) in [6.45, 7) is 0. The highest BCUT2D eigenvalue weighted by Gasteiger charge is 1.95. The van der Waals surface area contributed by atoms with Gasteiger partial charge in [0.15, 0.2) is 0 Å². The minimum Gasteiger partial charge on any atom is -0.412 e. The fourth-order valence-electron chi connectivity index (χ4n) is 2.10. The van der Waals surface area contributed by atoms with Gasteiger partial charge in [-0.2, -0.15) is 0 Å². The molecule has 0 fully saturated rings. The number of hydrogen-bond acceptors (Lipinski definition) is 8. The Kier molecular flexibility index (Phi) is 27.0. The molecule has 0 saturated heterocycles. The molecule has 2 nitrogen and oxygen atoms in total. The van der Waals surface area contributed by atoms with Crippen LogP contribution < -0.4 is 0 Å². The molecule has 0 radical (unpaired) electrons. The first-order valence-electron chi connectivity index (χ1n) is 9.19. The van der Waals surface area contributed by atoms with Crippen LogP contribution in [0.4, 0.5) is 0 Å². The van der Waals surface area contributed by atoms with Crippen LogP contribution in [0.1, 0.15) is 0 Å². The molecular formula is C24H28O2S8. The summed E-state index contributed by atoms with van der Waals surface area (Å²) in [5, 5.41) is 0. The first kappa shape index (κ1) is 35.8. The molecular weight excluding hydrogens is 577 g/mol. The molecule has 0 atom stereocenters.